The molecule has 1 aromatic rings. The zero-order chi connectivity index (χ0) is 18.1. The monoisotopic (exact) mass is 340 g/mol. The highest BCUT2D eigenvalue weighted by Crippen LogP contribution is 2.38. The molecule has 2 heterocycles. The molecular weight excluding hydrogens is 312 g/mol. The average Bonchev–Trinajstić information content (AvgIpc) is 2.77. The number of nitrogens with one attached hydrogen (secondary N) is 1. The van der Waals surface area contributed by atoms with Crippen molar-refractivity contribution in [2.24, 2.45) is 0 Å². The van der Waals surface area contributed by atoms with Crippen LogP contribution in [0.2, 0.25) is 0 Å². The third kappa shape index (κ3) is 4.15. The van der Waals surface area contributed by atoms with Crippen molar-refractivity contribution in [3.05, 3.63) is 32.6 Å². The molecule has 0 spiro atoms. The van der Waals surface area contributed by atoms with Crippen molar-refractivity contribution >= 4 is 0 Å². The molecular formula is C17H28N2O5. The van der Waals surface area contributed by atoms with E-state index in [1.165, 1.54) is 10.8 Å². The van der Waals surface area contributed by atoms with Crippen molar-refractivity contribution < 1.29 is 14.2 Å². The van der Waals surface area contributed by atoms with Gasteiger partial charge in [-0.25, -0.2) is 4.79 Å². The average molecular weight is 340 g/mol. The van der Waals surface area contributed by atoms with Gasteiger partial charge in [0.05, 0.1) is 24.9 Å². The van der Waals surface area contributed by atoms with Gasteiger partial charge in [-0.1, -0.05) is 0 Å². The second-order valence-corrected chi connectivity index (χ2v) is 7.13. The lowest BCUT2D eigenvalue weighted by Crippen LogP contribution is -2.44. The van der Waals surface area contributed by atoms with Crippen molar-refractivity contribution in [1.29, 1.82) is 0 Å². The first kappa shape index (κ1) is 18.9. The summed E-state index contributed by atoms with van der Waals surface area (Å²) in [5.74, 6) is 0. The molecule has 136 valence electrons. The quantitative estimate of drug-likeness (QED) is 0.853. The fourth-order valence-electron chi connectivity index (χ4n) is 2.82. The van der Waals surface area contributed by atoms with Gasteiger partial charge in [-0.05, 0) is 41.5 Å². The number of hydrogen-bond acceptors (Lipinski definition) is 5. The van der Waals surface area contributed by atoms with Gasteiger partial charge in [0.15, 0.2) is 0 Å². The minimum absolute atomic E-state index is 0.0322. The predicted octanol–water partition coefficient (Wildman–Crippen LogP) is 1.74. The van der Waals surface area contributed by atoms with E-state index in [4.69, 9.17) is 14.2 Å². The van der Waals surface area contributed by atoms with E-state index in [2.05, 4.69) is 4.98 Å². The highest BCUT2D eigenvalue weighted by molar-refractivity contribution is 5.03. The third-order valence-corrected chi connectivity index (χ3v) is 4.10. The van der Waals surface area contributed by atoms with Gasteiger partial charge in [0.2, 0.25) is 0 Å². The van der Waals surface area contributed by atoms with Crippen LogP contribution in [-0.4, -0.2) is 40.1 Å². The first-order valence-electron chi connectivity index (χ1n) is 8.39. The molecule has 2 rings (SSSR count). The van der Waals surface area contributed by atoms with Crippen LogP contribution in [0.1, 0.15) is 52.8 Å². The summed E-state index contributed by atoms with van der Waals surface area (Å²) in [6.07, 6.45) is 1.44. The molecule has 0 aromatic carbocycles. The molecule has 7 heteroatoms. The summed E-state index contributed by atoms with van der Waals surface area (Å²) in [6, 6.07) is 0. The number of H-pyrrole nitrogens is 1. The van der Waals surface area contributed by atoms with Crippen molar-refractivity contribution in [2.75, 3.05) is 6.61 Å². The molecule has 1 aromatic heterocycles. The van der Waals surface area contributed by atoms with Gasteiger partial charge in [-0.3, -0.25) is 14.3 Å². The maximum absolute atomic E-state index is 12.1. The molecule has 0 bridgehead atoms. The second kappa shape index (κ2) is 7.21. The summed E-state index contributed by atoms with van der Waals surface area (Å²) in [4.78, 5) is 26.0. The summed E-state index contributed by atoms with van der Waals surface area (Å²) in [5.41, 5.74) is -1.06. The molecule has 1 aliphatic rings. The van der Waals surface area contributed by atoms with E-state index in [0.29, 0.717) is 18.6 Å². The molecule has 0 unspecified atom stereocenters. The van der Waals surface area contributed by atoms with Gasteiger partial charge in [0.1, 0.15) is 11.8 Å². The fraction of sp³-hybridized carbons (Fsp3) is 0.765. The zero-order valence-electron chi connectivity index (χ0n) is 15.3. The normalized spacial score (nSPS) is 27.3. The zero-order valence-corrected chi connectivity index (χ0v) is 15.3. The Morgan fingerprint density at radius 2 is 2.00 bits per heavy atom. The Bertz CT molecular complexity index is 678. The molecule has 1 fully saturated rings. The molecule has 1 N–H and O–H groups in total. The van der Waals surface area contributed by atoms with E-state index in [9.17, 15) is 9.59 Å². The Labute approximate surface area is 141 Å². The third-order valence-electron chi connectivity index (χ3n) is 4.10. The van der Waals surface area contributed by atoms with Crippen LogP contribution in [0.15, 0.2) is 15.8 Å². The number of aromatic amines is 1. The number of aromatic nitrogens is 2. The van der Waals surface area contributed by atoms with E-state index in [1.54, 1.807) is 6.92 Å². The minimum Gasteiger partial charge on any atom is -0.376 e. The van der Waals surface area contributed by atoms with Crippen molar-refractivity contribution in [2.45, 2.75) is 78.1 Å². The van der Waals surface area contributed by atoms with Crippen LogP contribution in [0, 0.1) is 6.92 Å². The SMILES string of the molecule is Cc1cn([C@H]2C[C@@H](OC(C)C)[C@@](C)(COC(C)C)O2)c(=O)[nH]c1=O. The Morgan fingerprint density at radius 3 is 2.58 bits per heavy atom. The number of ether oxygens (including phenoxy) is 3. The second-order valence-electron chi connectivity index (χ2n) is 7.13. The number of hydrogen-bond donors (Lipinski definition) is 1. The van der Waals surface area contributed by atoms with Crippen molar-refractivity contribution in [1.82, 2.24) is 9.55 Å². The van der Waals surface area contributed by atoms with Crippen molar-refractivity contribution in [3.63, 3.8) is 0 Å². The predicted molar refractivity (Wildman–Crippen MR) is 90.3 cm³/mol. The van der Waals surface area contributed by atoms with Gasteiger partial charge in [0, 0.05) is 18.2 Å². The molecule has 3 atom stereocenters. The Balaban J connectivity index is 2.29. The topological polar surface area (TPSA) is 82.6 Å². The van der Waals surface area contributed by atoms with Crippen LogP contribution in [0.25, 0.3) is 0 Å². The Hall–Kier alpha value is -1.44. The smallest absolute Gasteiger partial charge is 0.330 e. The van der Waals surface area contributed by atoms with Crippen LogP contribution in [0.4, 0.5) is 0 Å². The maximum Gasteiger partial charge on any atom is 0.330 e. The fourth-order valence-corrected chi connectivity index (χ4v) is 2.82. The van der Waals surface area contributed by atoms with Crippen LogP contribution < -0.4 is 11.2 Å². The van der Waals surface area contributed by atoms with Gasteiger partial charge in [0.25, 0.3) is 5.56 Å². The number of aryl methyl sites for hydroxylation is 1. The van der Waals surface area contributed by atoms with E-state index in [-0.39, 0.29) is 23.9 Å². The summed E-state index contributed by atoms with van der Waals surface area (Å²) in [6.45, 7) is 11.8. The molecule has 0 aliphatic carbocycles. The van der Waals surface area contributed by atoms with Crippen LogP contribution in [0.5, 0.6) is 0 Å². The molecule has 0 amide bonds. The van der Waals surface area contributed by atoms with Gasteiger partial charge in [-0.15, -0.1) is 0 Å². The standard InChI is InChI=1S/C17H28N2O5/c1-10(2)22-9-17(6)13(23-11(3)4)7-14(24-17)19-8-12(5)15(20)18-16(19)21/h8,10-11,13-14H,7,9H2,1-6H3,(H,18,20,21)/t13-,14-,17-/m1/s1. The van der Waals surface area contributed by atoms with Crippen LogP contribution in [0.3, 0.4) is 0 Å². The summed E-state index contributed by atoms with van der Waals surface area (Å²) >= 11 is 0. The molecule has 0 saturated carbocycles. The lowest BCUT2D eigenvalue weighted by molar-refractivity contribution is -0.156. The van der Waals surface area contributed by atoms with Crippen molar-refractivity contribution in [3.8, 4) is 0 Å². The maximum atomic E-state index is 12.1. The molecule has 1 aliphatic heterocycles. The molecule has 0 radical (unpaired) electrons. The molecule has 7 nitrogen and oxygen atoms in total. The lowest BCUT2D eigenvalue weighted by Gasteiger charge is -2.32. The van der Waals surface area contributed by atoms with Gasteiger partial charge < -0.3 is 14.2 Å². The van der Waals surface area contributed by atoms with E-state index in [0.717, 1.165) is 0 Å². The number of rotatable bonds is 6. The largest absolute Gasteiger partial charge is 0.376 e. The molecule has 1 saturated heterocycles. The van der Waals surface area contributed by atoms with E-state index >= 15 is 0 Å². The first-order valence-corrected chi connectivity index (χ1v) is 8.39. The summed E-state index contributed by atoms with van der Waals surface area (Å²) < 4.78 is 19.4. The van der Waals surface area contributed by atoms with E-state index < -0.39 is 17.5 Å². The lowest BCUT2D eigenvalue weighted by atomic mass is 9.99. The Kier molecular flexibility index (Phi) is 5.67. The highest BCUT2D eigenvalue weighted by atomic mass is 16.6. The summed E-state index contributed by atoms with van der Waals surface area (Å²) in [5, 5.41) is 0. The number of nitrogens with zero attached hydrogens (tertiary/aromatic N) is 1. The van der Waals surface area contributed by atoms with Gasteiger partial charge >= 0.3 is 5.69 Å². The van der Waals surface area contributed by atoms with E-state index in [1.807, 2.05) is 34.6 Å². The van der Waals surface area contributed by atoms with Crippen LogP contribution >= 0.6 is 0 Å². The minimum atomic E-state index is -0.664. The highest BCUT2D eigenvalue weighted by Gasteiger charge is 2.47. The molecule has 24 heavy (non-hydrogen) atoms. The van der Waals surface area contributed by atoms with Gasteiger partial charge in [-0.2, -0.15) is 0 Å². The first-order chi connectivity index (χ1) is 11.1. The summed E-state index contributed by atoms with van der Waals surface area (Å²) in [7, 11) is 0. The Morgan fingerprint density at radius 1 is 1.33 bits per heavy atom. The van der Waals surface area contributed by atoms with Crippen LogP contribution in [-0.2, 0) is 14.2 Å².